The lowest BCUT2D eigenvalue weighted by Gasteiger charge is -2.17. The Labute approximate surface area is 193 Å². The van der Waals surface area contributed by atoms with Crippen molar-refractivity contribution in [1.29, 1.82) is 0 Å². The van der Waals surface area contributed by atoms with Gasteiger partial charge in [0.25, 0.3) is 0 Å². The van der Waals surface area contributed by atoms with E-state index in [2.05, 4.69) is 49.5 Å². The second-order valence-electron chi connectivity index (χ2n) is 7.07. The molecule has 0 aromatic heterocycles. The van der Waals surface area contributed by atoms with Crippen LogP contribution in [0.5, 0.6) is 0 Å². The van der Waals surface area contributed by atoms with Gasteiger partial charge in [-0.3, -0.25) is 0 Å². The summed E-state index contributed by atoms with van der Waals surface area (Å²) in [7, 11) is 1.21. The van der Waals surface area contributed by atoms with Crippen LogP contribution in [0.1, 0.15) is 69.4 Å². The summed E-state index contributed by atoms with van der Waals surface area (Å²) in [5.74, 6) is 0. The van der Waals surface area contributed by atoms with Gasteiger partial charge in [0.05, 0.1) is 17.2 Å². The van der Waals surface area contributed by atoms with Crippen molar-refractivity contribution in [3.05, 3.63) is 70.8 Å². The zero-order chi connectivity index (χ0) is 25.7. The molecule has 0 saturated carbocycles. The van der Waals surface area contributed by atoms with Gasteiger partial charge in [0.1, 0.15) is 0 Å². The first-order chi connectivity index (χ1) is 15.4. The van der Waals surface area contributed by atoms with Gasteiger partial charge in [0, 0.05) is 13.2 Å². The average Bonchev–Trinajstić information content (AvgIpc) is 2.79. The highest BCUT2D eigenvalue weighted by Crippen LogP contribution is 2.37. The number of ether oxygens (including phenoxy) is 1. The van der Waals surface area contributed by atoms with E-state index >= 15 is 0 Å². The Kier molecular flexibility index (Phi) is 14.0. The fourth-order valence-electron chi connectivity index (χ4n) is 2.90. The highest BCUT2D eigenvalue weighted by atomic mass is 19.4. The van der Waals surface area contributed by atoms with Crippen LogP contribution in [-0.2, 0) is 23.5 Å². The van der Waals surface area contributed by atoms with Crippen LogP contribution in [0, 0.1) is 0 Å². The Morgan fingerprint density at radius 3 is 1.70 bits per heavy atom. The molecule has 2 aromatic carbocycles. The fourth-order valence-corrected chi connectivity index (χ4v) is 2.90. The van der Waals surface area contributed by atoms with Gasteiger partial charge in [-0.25, -0.2) is 0 Å². The van der Waals surface area contributed by atoms with Crippen molar-refractivity contribution >= 4 is 0 Å². The molecule has 0 aliphatic rings. The molecule has 188 valence electrons. The SMILES string of the molecule is CC.CCNC(CC)Cc1ccccc1.COC(C)c1cc(C(F)(F)F)cc(C(F)(F)F)c1. The van der Waals surface area contributed by atoms with Crippen molar-refractivity contribution in [3.8, 4) is 0 Å². The maximum atomic E-state index is 12.5. The molecular weight excluding hydrogens is 444 g/mol. The van der Waals surface area contributed by atoms with E-state index in [1.165, 1.54) is 26.0 Å². The summed E-state index contributed by atoms with van der Waals surface area (Å²) in [6, 6.07) is 12.7. The number of alkyl halides is 6. The van der Waals surface area contributed by atoms with Gasteiger partial charge in [-0.05, 0) is 55.6 Å². The summed E-state index contributed by atoms with van der Waals surface area (Å²) >= 11 is 0. The molecule has 0 bridgehead atoms. The summed E-state index contributed by atoms with van der Waals surface area (Å²) in [6.07, 6.45) is -8.17. The van der Waals surface area contributed by atoms with Crippen molar-refractivity contribution in [2.75, 3.05) is 13.7 Å². The zero-order valence-electron chi connectivity index (χ0n) is 20.1. The smallest absolute Gasteiger partial charge is 0.377 e. The summed E-state index contributed by atoms with van der Waals surface area (Å²) < 4.78 is 79.7. The number of methoxy groups -OCH3 is 1. The van der Waals surface area contributed by atoms with Crippen LogP contribution in [0.15, 0.2) is 48.5 Å². The Hall–Kier alpha value is -2.06. The van der Waals surface area contributed by atoms with Crippen molar-refractivity contribution in [1.82, 2.24) is 5.32 Å². The topological polar surface area (TPSA) is 21.3 Å². The molecule has 0 amide bonds. The lowest BCUT2D eigenvalue weighted by atomic mass is 10.0. The molecule has 0 spiro atoms. The second-order valence-corrected chi connectivity index (χ2v) is 7.07. The third-order valence-electron chi connectivity index (χ3n) is 4.74. The van der Waals surface area contributed by atoms with Crippen molar-refractivity contribution in [3.63, 3.8) is 0 Å². The minimum absolute atomic E-state index is 0.0892. The van der Waals surface area contributed by atoms with Crippen LogP contribution in [0.4, 0.5) is 26.3 Å². The van der Waals surface area contributed by atoms with Crippen LogP contribution >= 0.6 is 0 Å². The van der Waals surface area contributed by atoms with Crippen LogP contribution in [-0.4, -0.2) is 19.7 Å². The van der Waals surface area contributed by atoms with E-state index in [9.17, 15) is 26.3 Å². The minimum atomic E-state index is -4.83. The van der Waals surface area contributed by atoms with Gasteiger partial charge in [0.15, 0.2) is 0 Å². The van der Waals surface area contributed by atoms with E-state index in [0.717, 1.165) is 13.0 Å². The molecule has 2 nitrogen and oxygen atoms in total. The van der Waals surface area contributed by atoms with Crippen LogP contribution in [0.2, 0.25) is 0 Å². The summed E-state index contributed by atoms with van der Waals surface area (Å²) in [5, 5.41) is 3.48. The minimum Gasteiger partial charge on any atom is -0.377 e. The molecule has 0 aliphatic carbocycles. The van der Waals surface area contributed by atoms with Crippen LogP contribution < -0.4 is 5.32 Å². The van der Waals surface area contributed by atoms with Crippen molar-refractivity contribution in [2.24, 2.45) is 0 Å². The highest BCUT2D eigenvalue weighted by Gasteiger charge is 2.37. The van der Waals surface area contributed by atoms with Gasteiger partial charge in [-0.1, -0.05) is 58.0 Å². The number of hydrogen-bond acceptors (Lipinski definition) is 2. The van der Waals surface area contributed by atoms with E-state index in [0.29, 0.717) is 18.2 Å². The lowest BCUT2D eigenvalue weighted by molar-refractivity contribution is -0.143. The molecule has 2 unspecified atom stereocenters. The largest absolute Gasteiger partial charge is 0.416 e. The number of rotatable bonds is 7. The predicted octanol–water partition coefficient (Wildman–Crippen LogP) is 8.08. The Morgan fingerprint density at radius 1 is 0.848 bits per heavy atom. The summed E-state index contributed by atoms with van der Waals surface area (Å²) in [5.41, 5.74) is -1.41. The number of nitrogens with one attached hydrogen (secondary N) is 1. The molecule has 2 aromatic rings. The molecule has 1 N–H and O–H groups in total. The first-order valence-electron chi connectivity index (χ1n) is 11.0. The van der Waals surface area contributed by atoms with E-state index < -0.39 is 29.6 Å². The van der Waals surface area contributed by atoms with E-state index in [-0.39, 0.29) is 11.6 Å². The molecule has 0 heterocycles. The molecule has 8 heteroatoms. The molecule has 2 atom stereocenters. The predicted molar refractivity (Wildman–Crippen MR) is 121 cm³/mol. The fraction of sp³-hybridized carbons (Fsp3) is 0.520. The molecule has 0 radical (unpaired) electrons. The lowest BCUT2D eigenvalue weighted by Crippen LogP contribution is -2.30. The number of halogens is 6. The first kappa shape index (κ1) is 30.9. The molecule has 33 heavy (non-hydrogen) atoms. The maximum absolute atomic E-state index is 12.5. The van der Waals surface area contributed by atoms with E-state index in [1.807, 2.05) is 13.8 Å². The van der Waals surface area contributed by atoms with E-state index in [1.54, 1.807) is 0 Å². The Balaban J connectivity index is 0.000000602. The molecule has 2 rings (SSSR count). The van der Waals surface area contributed by atoms with E-state index in [4.69, 9.17) is 4.74 Å². The normalized spacial score (nSPS) is 13.2. The first-order valence-corrected chi connectivity index (χ1v) is 11.0. The summed E-state index contributed by atoms with van der Waals surface area (Å²) in [4.78, 5) is 0. The molecule has 0 saturated heterocycles. The van der Waals surface area contributed by atoms with Gasteiger partial charge >= 0.3 is 12.4 Å². The zero-order valence-corrected chi connectivity index (χ0v) is 20.1. The molecular formula is C25H35F6NO. The quantitative estimate of drug-likeness (QED) is 0.406. The average molecular weight is 480 g/mol. The van der Waals surface area contributed by atoms with Crippen LogP contribution in [0.25, 0.3) is 0 Å². The maximum Gasteiger partial charge on any atom is 0.416 e. The monoisotopic (exact) mass is 479 g/mol. The van der Waals surface area contributed by atoms with Crippen LogP contribution in [0.3, 0.4) is 0 Å². The van der Waals surface area contributed by atoms with Crippen molar-refractivity contribution in [2.45, 2.75) is 72.0 Å². The molecule has 0 aliphatic heterocycles. The van der Waals surface area contributed by atoms with Gasteiger partial charge in [-0.15, -0.1) is 0 Å². The number of hydrogen-bond donors (Lipinski definition) is 1. The van der Waals surface area contributed by atoms with Crippen molar-refractivity contribution < 1.29 is 31.1 Å². The second kappa shape index (κ2) is 15.0. The standard InChI is InChI=1S/C12H19N.C11H10F6O.C2H6/c1-3-12(13-4-2)10-11-8-6-5-7-9-11;1-6(18-2)7-3-8(10(12,13)14)5-9(4-7)11(15,16)17;1-2/h5-9,12-13H,3-4,10H2,1-2H3;3-6H,1-2H3;1-2H3. The highest BCUT2D eigenvalue weighted by molar-refractivity contribution is 5.34. The number of likely N-dealkylation sites (N-methyl/N-ethyl adjacent to an activating group) is 1. The van der Waals surface area contributed by atoms with Gasteiger partial charge in [-0.2, -0.15) is 26.3 Å². The third kappa shape index (κ3) is 11.6. The molecule has 0 fully saturated rings. The number of benzene rings is 2. The van der Waals surface area contributed by atoms with Gasteiger partial charge in [0.2, 0.25) is 0 Å². The third-order valence-corrected chi connectivity index (χ3v) is 4.74. The summed E-state index contributed by atoms with van der Waals surface area (Å²) in [6.45, 7) is 10.8. The Morgan fingerprint density at radius 2 is 1.33 bits per heavy atom. The Bertz CT molecular complexity index is 742. The van der Waals surface area contributed by atoms with Gasteiger partial charge < -0.3 is 10.1 Å².